The molecule has 174 valence electrons. The van der Waals surface area contributed by atoms with Crippen molar-refractivity contribution in [2.75, 3.05) is 0 Å². The van der Waals surface area contributed by atoms with Crippen molar-refractivity contribution in [2.24, 2.45) is 0 Å². The van der Waals surface area contributed by atoms with Crippen molar-refractivity contribution in [3.63, 3.8) is 0 Å². The Morgan fingerprint density at radius 2 is 1.68 bits per heavy atom. The molecule has 0 aliphatic carbocycles. The molecule has 4 rings (SSSR count). The molecule has 2 aromatic carbocycles. The molecule has 0 atom stereocenters. The number of nitrogens with one attached hydrogen (secondary N) is 2. The molecule has 10 nitrogen and oxygen atoms in total. The molecule has 0 saturated carbocycles. The van der Waals surface area contributed by atoms with Gasteiger partial charge in [-0.05, 0) is 36.8 Å². The number of amides is 2. The summed E-state index contributed by atoms with van der Waals surface area (Å²) in [5, 5.41) is 0.466. The highest BCUT2D eigenvalue weighted by Gasteiger charge is 2.20. The molecule has 0 fully saturated rings. The van der Waals surface area contributed by atoms with E-state index in [2.05, 4.69) is 15.8 Å². The van der Waals surface area contributed by atoms with Gasteiger partial charge in [-0.15, -0.1) is 0 Å². The number of aryl methyl sites for hydroxylation is 1. The van der Waals surface area contributed by atoms with Gasteiger partial charge in [0.15, 0.2) is 11.2 Å². The van der Waals surface area contributed by atoms with Crippen molar-refractivity contribution in [2.45, 2.75) is 26.6 Å². The van der Waals surface area contributed by atoms with E-state index in [-0.39, 0.29) is 23.3 Å². The summed E-state index contributed by atoms with van der Waals surface area (Å²) in [6, 6.07) is 15.3. The summed E-state index contributed by atoms with van der Waals surface area (Å²) in [5.74, 6) is -1.31. The third kappa shape index (κ3) is 4.62. The van der Waals surface area contributed by atoms with E-state index in [1.165, 1.54) is 23.0 Å². The fourth-order valence-corrected chi connectivity index (χ4v) is 3.64. The van der Waals surface area contributed by atoms with Crippen LogP contribution < -0.4 is 22.1 Å². The Labute approximate surface area is 198 Å². The van der Waals surface area contributed by atoms with E-state index in [4.69, 9.17) is 11.6 Å². The highest BCUT2D eigenvalue weighted by molar-refractivity contribution is 6.30. The number of imidazole rings is 1. The molecular formula is C23H21ClN6O4. The lowest BCUT2D eigenvalue weighted by Crippen LogP contribution is -2.48. The van der Waals surface area contributed by atoms with Crippen LogP contribution in [0.4, 0.5) is 0 Å². The second-order valence-corrected chi connectivity index (χ2v) is 7.89. The minimum absolute atomic E-state index is 0.173. The standard InChI is InChI=1S/C23H21ClN6O4/c1-2-28-14-25-20-19(28)22(33)30(23(34)29(20)12-15-6-4-3-5-7-15)13-18(31)26-27-21(32)16-8-10-17(24)11-9-16/h3-11,14H,2,12-13H2,1H3,(H,26,31)(H,27,32). The zero-order valence-corrected chi connectivity index (χ0v) is 19.0. The Kier molecular flexibility index (Phi) is 6.60. The summed E-state index contributed by atoms with van der Waals surface area (Å²) in [5.41, 5.74) is 4.76. The largest absolute Gasteiger partial charge is 0.333 e. The highest BCUT2D eigenvalue weighted by atomic mass is 35.5. The van der Waals surface area contributed by atoms with Gasteiger partial charge >= 0.3 is 5.69 Å². The normalized spacial score (nSPS) is 10.9. The summed E-state index contributed by atoms with van der Waals surface area (Å²) in [6.45, 7) is 1.89. The maximum atomic E-state index is 13.2. The van der Waals surface area contributed by atoms with Crippen molar-refractivity contribution >= 4 is 34.6 Å². The quantitative estimate of drug-likeness (QED) is 0.406. The van der Waals surface area contributed by atoms with Crippen molar-refractivity contribution in [1.29, 1.82) is 0 Å². The second-order valence-electron chi connectivity index (χ2n) is 7.46. The minimum atomic E-state index is -0.741. The van der Waals surface area contributed by atoms with E-state index in [1.54, 1.807) is 16.7 Å². The average Bonchev–Trinajstić information content (AvgIpc) is 3.28. The third-order valence-electron chi connectivity index (χ3n) is 5.23. The first-order valence-electron chi connectivity index (χ1n) is 10.5. The van der Waals surface area contributed by atoms with Crippen molar-refractivity contribution < 1.29 is 9.59 Å². The number of hydrazine groups is 1. The molecule has 0 bridgehead atoms. The average molecular weight is 481 g/mol. The predicted octanol–water partition coefficient (Wildman–Crippen LogP) is 1.54. The van der Waals surface area contributed by atoms with Crippen molar-refractivity contribution in [3.05, 3.63) is 97.9 Å². The minimum Gasteiger partial charge on any atom is -0.325 e. The lowest BCUT2D eigenvalue weighted by molar-refractivity contribution is -0.122. The third-order valence-corrected chi connectivity index (χ3v) is 5.48. The number of hydrogen-bond donors (Lipinski definition) is 2. The first-order chi connectivity index (χ1) is 16.4. The molecule has 2 amide bonds. The Bertz CT molecular complexity index is 1470. The summed E-state index contributed by atoms with van der Waals surface area (Å²) in [6.07, 6.45) is 1.49. The summed E-state index contributed by atoms with van der Waals surface area (Å²) in [7, 11) is 0. The summed E-state index contributed by atoms with van der Waals surface area (Å²) in [4.78, 5) is 55.4. The number of carbonyl (C=O) groups is 2. The van der Waals surface area contributed by atoms with Crippen LogP contribution in [0, 0.1) is 0 Å². The van der Waals surface area contributed by atoms with Gasteiger partial charge in [-0.1, -0.05) is 41.9 Å². The molecule has 4 aromatic rings. The highest BCUT2D eigenvalue weighted by Crippen LogP contribution is 2.10. The van der Waals surface area contributed by atoms with E-state index in [9.17, 15) is 19.2 Å². The first-order valence-corrected chi connectivity index (χ1v) is 10.8. The van der Waals surface area contributed by atoms with E-state index >= 15 is 0 Å². The van der Waals surface area contributed by atoms with Crippen LogP contribution >= 0.6 is 11.6 Å². The Morgan fingerprint density at radius 1 is 0.971 bits per heavy atom. The van der Waals surface area contributed by atoms with Gasteiger partial charge in [-0.25, -0.2) is 14.3 Å². The molecule has 0 aliphatic heterocycles. The Balaban J connectivity index is 1.63. The fourth-order valence-electron chi connectivity index (χ4n) is 3.51. The Hall–Kier alpha value is -4.18. The van der Waals surface area contributed by atoms with Crippen molar-refractivity contribution in [3.8, 4) is 0 Å². The Morgan fingerprint density at radius 3 is 2.35 bits per heavy atom. The molecule has 2 heterocycles. The number of nitrogens with zero attached hydrogens (tertiary/aromatic N) is 4. The lowest BCUT2D eigenvalue weighted by Gasteiger charge is -2.13. The first kappa shape index (κ1) is 23.0. The van der Waals surface area contributed by atoms with Gasteiger partial charge in [0.1, 0.15) is 6.54 Å². The van der Waals surface area contributed by atoms with Crippen LogP contribution in [0.5, 0.6) is 0 Å². The molecule has 0 saturated heterocycles. The SMILES string of the molecule is CCn1cnc2c1c(=O)n(CC(=O)NNC(=O)c1ccc(Cl)cc1)c(=O)n2Cc1ccccc1. The van der Waals surface area contributed by atoms with Gasteiger partial charge in [0.25, 0.3) is 17.4 Å². The van der Waals surface area contributed by atoms with E-state index < -0.39 is 29.6 Å². The molecule has 0 aliphatic rings. The van der Waals surface area contributed by atoms with Crippen LogP contribution in [-0.4, -0.2) is 30.5 Å². The van der Waals surface area contributed by atoms with Crippen LogP contribution in [0.25, 0.3) is 11.2 Å². The van der Waals surface area contributed by atoms with Gasteiger partial charge in [0.05, 0.1) is 12.9 Å². The topological polar surface area (TPSA) is 120 Å². The number of benzene rings is 2. The molecule has 34 heavy (non-hydrogen) atoms. The second kappa shape index (κ2) is 9.75. The lowest BCUT2D eigenvalue weighted by atomic mass is 10.2. The van der Waals surface area contributed by atoms with E-state index in [1.807, 2.05) is 37.3 Å². The number of aromatic nitrogens is 4. The number of hydrogen-bond acceptors (Lipinski definition) is 5. The van der Waals surface area contributed by atoms with Gasteiger partial charge in [-0.2, -0.15) is 0 Å². The maximum absolute atomic E-state index is 13.2. The molecule has 2 N–H and O–H groups in total. The molecule has 0 radical (unpaired) electrons. The molecule has 0 spiro atoms. The van der Waals surface area contributed by atoms with Crippen molar-refractivity contribution in [1.82, 2.24) is 29.5 Å². The van der Waals surface area contributed by atoms with Gasteiger partial charge in [0.2, 0.25) is 0 Å². The molecule has 2 aromatic heterocycles. The monoisotopic (exact) mass is 480 g/mol. The maximum Gasteiger partial charge on any atom is 0.333 e. The predicted molar refractivity (Wildman–Crippen MR) is 127 cm³/mol. The zero-order valence-electron chi connectivity index (χ0n) is 18.2. The van der Waals surface area contributed by atoms with Crippen LogP contribution in [0.2, 0.25) is 5.02 Å². The molecule has 11 heteroatoms. The number of rotatable bonds is 6. The summed E-state index contributed by atoms with van der Waals surface area (Å²) < 4.78 is 3.82. The zero-order chi connectivity index (χ0) is 24.2. The van der Waals surface area contributed by atoms with Crippen LogP contribution in [0.1, 0.15) is 22.8 Å². The number of halogens is 1. The fraction of sp³-hybridized carbons (Fsp3) is 0.174. The number of fused-ring (bicyclic) bond motifs is 1. The smallest absolute Gasteiger partial charge is 0.325 e. The van der Waals surface area contributed by atoms with Crippen LogP contribution in [0.3, 0.4) is 0 Å². The number of carbonyl (C=O) groups excluding carboxylic acids is 2. The molecule has 0 unspecified atom stereocenters. The van der Waals surface area contributed by atoms with Gasteiger partial charge in [-0.3, -0.25) is 29.8 Å². The molecular weight excluding hydrogens is 460 g/mol. The van der Waals surface area contributed by atoms with E-state index in [0.29, 0.717) is 11.6 Å². The van der Waals surface area contributed by atoms with E-state index in [0.717, 1.165) is 10.1 Å². The van der Waals surface area contributed by atoms with Crippen LogP contribution in [-0.2, 0) is 24.4 Å². The van der Waals surface area contributed by atoms with Gasteiger partial charge < -0.3 is 4.57 Å². The van der Waals surface area contributed by atoms with Gasteiger partial charge in [0, 0.05) is 17.1 Å². The summed E-state index contributed by atoms with van der Waals surface area (Å²) >= 11 is 5.81. The van der Waals surface area contributed by atoms with Crippen LogP contribution in [0.15, 0.2) is 70.5 Å².